The SMILES string of the molecule is CCCC(C)=CC(=O)N[C@@H](CCC(N)=O)C(=O)O. The molecule has 102 valence electrons. The lowest BCUT2D eigenvalue weighted by Crippen LogP contribution is -2.40. The summed E-state index contributed by atoms with van der Waals surface area (Å²) < 4.78 is 0. The summed E-state index contributed by atoms with van der Waals surface area (Å²) in [5.74, 6) is -2.22. The average Bonchev–Trinajstić information content (AvgIpc) is 2.23. The van der Waals surface area contributed by atoms with Gasteiger partial charge in [0, 0.05) is 12.5 Å². The van der Waals surface area contributed by atoms with E-state index in [1.54, 1.807) is 0 Å². The second-order valence-corrected chi connectivity index (χ2v) is 4.15. The summed E-state index contributed by atoms with van der Waals surface area (Å²) in [6.45, 7) is 3.80. The molecule has 0 aromatic heterocycles. The van der Waals surface area contributed by atoms with Crippen molar-refractivity contribution in [1.29, 1.82) is 0 Å². The molecule has 0 bridgehead atoms. The maximum Gasteiger partial charge on any atom is 0.326 e. The van der Waals surface area contributed by atoms with Crippen molar-refractivity contribution in [3.63, 3.8) is 0 Å². The summed E-state index contributed by atoms with van der Waals surface area (Å²) >= 11 is 0. The van der Waals surface area contributed by atoms with Crippen molar-refractivity contribution < 1.29 is 19.5 Å². The summed E-state index contributed by atoms with van der Waals surface area (Å²) in [7, 11) is 0. The second kappa shape index (κ2) is 8.27. The molecule has 0 saturated heterocycles. The molecule has 6 nitrogen and oxygen atoms in total. The maximum absolute atomic E-state index is 11.5. The van der Waals surface area contributed by atoms with Crippen molar-refractivity contribution in [3.05, 3.63) is 11.6 Å². The van der Waals surface area contributed by atoms with Crippen LogP contribution in [0.15, 0.2) is 11.6 Å². The molecule has 0 rings (SSSR count). The number of nitrogens with one attached hydrogen (secondary N) is 1. The van der Waals surface area contributed by atoms with Gasteiger partial charge in [0.05, 0.1) is 0 Å². The third-order valence-electron chi connectivity index (χ3n) is 2.32. The molecule has 4 N–H and O–H groups in total. The highest BCUT2D eigenvalue weighted by Gasteiger charge is 2.19. The molecule has 0 spiro atoms. The lowest BCUT2D eigenvalue weighted by Gasteiger charge is -2.12. The van der Waals surface area contributed by atoms with Gasteiger partial charge >= 0.3 is 5.97 Å². The Kier molecular flexibility index (Phi) is 7.42. The molecule has 18 heavy (non-hydrogen) atoms. The molecule has 1 atom stereocenters. The van der Waals surface area contributed by atoms with Gasteiger partial charge in [0.2, 0.25) is 11.8 Å². The van der Waals surface area contributed by atoms with Crippen LogP contribution in [-0.2, 0) is 14.4 Å². The first-order valence-corrected chi connectivity index (χ1v) is 5.85. The van der Waals surface area contributed by atoms with Crippen LogP contribution in [0.5, 0.6) is 0 Å². The van der Waals surface area contributed by atoms with Crippen LogP contribution in [0.25, 0.3) is 0 Å². The molecule has 6 heteroatoms. The third-order valence-corrected chi connectivity index (χ3v) is 2.32. The van der Waals surface area contributed by atoms with Crippen LogP contribution in [-0.4, -0.2) is 28.9 Å². The topological polar surface area (TPSA) is 109 Å². The summed E-state index contributed by atoms with van der Waals surface area (Å²) in [5.41, 5.74) is 5.82. The number of rotatable bonds is 8. The highest BCUT2D eigenvalue weighted by molar-refractivity contribution is 5.91. The normalized spacial score (nSPS) is 12.9. The van der Waals surface area contributed by atoms with E-state index in [0.29, 0.717) is 0 Å². The van der Waals surface area contributed by atoms with Gasteiger partial charge < -0.3 is 16.2 Å². The summed E-state index contributed by atoms with van der Waals surface area (Å²) in [6.07, 6.45) is 3.00. The number of carbonyl (C=O) groups excluding carboxylic acids is 2. The Balaban J connectivity index is 4.41. The van der Waals surface area contributed by atoms with Gasteiger partial charge in [-0.15, -0.1) is 0 Å². The number of allylic oxidation sites excluding steroid dienone is 1. The van der Waals surface area contributed by atoms with Crippen LogP contribution >= 0.6 is 0 Å². The highest BCUT2D eigenvalue weighted by Crippen LogP contribution is 2.03. The molecule has 0 fully saturated rings. The molecular formula is C12H20N2O4. The van der Waals surface area contributed by atoms with E-state index >= 15 is 0 Å². The van der Waals surface area contributed by atoms with Crippen LogP contribution in [0, 0.1) is 0 Å². The van der Waals surface area contributed by atoms with Gasteiger partial charge in [-0.1, -0.05) is 18.9 Å². The van der Waals surface area contributed by atoms with Gasteiger partial charge in [-0.2, -0.15) is 0 Å². The summed E-state index contributed by atoms with van der Waals surface area (Å²) in [4.78, 5) is 33.0. The minimum atomic E-state index is -1.17. The molecule has 0 saturated carbocycles. The van der Waals surface area contributed by atoms with Gasteiger partial charge in [-0.3, -0.25) is 9.59 Å². The lowest BCUT2D eigenvalue weighted by atomic mass is 10.1. The van der Waals surface area contributed by atoms with Crippen molar-refractivity contribution in [2.24, 2.45) is 5.73 Å². The fourth-order valence-corrected chi connectivity index (χ4v) is 1.45. The first kappa shape index (κ1) is 16.1. The van der Waals surface area contributed by atoms with E-state index in [1.807, 2.05) is 13.8 Å². The summed E-state index contributed by atoms with van der Waals surface area (Å²) in [5, 5.41) is 11.2. The number of hydrogen-bond acceptors (Lipinski definition) is 3. The number of carboxylic acids is 1. The number of amides is 2. The van der Waals surface area contributed by atoms with E-state index in [2.05, 4.69) is 5.32 Å². The molecule has 0 aliphatic rings. The number of carboxylic acid groups (broad SMARTS) is 1. The Morgan fingerprint density at radius 2 is 1.94 bits per heavy atom. The molecular weight excluding hydrogens is 236 g/mol. The molecule has 0 unspecified atom stereocenters. The predicted molar refractivity (Wildman–Crippen MR) is 66.7 cm³/mol. The third kappa shape index (κ3) is 7.43. The van der Waals surface area contributed by atoms with E-state index in [1.165, 1.54) is 6.08 Å². The highest BCUT2D eigenvalue weighted by atomic mass is 16.4. The van der Waals surface area contributed by atoms with Gasteiger partial charge in [-0.05, 0) is 19.8 Å². The number of aliphatic carboxylic acids is 1. The average molecular weight is 256 g/mol. The van der Waals surface area contributed by atoms with E-state index < -0.39 is 23.8 Å². The Morgan fingerprint density at radius 3 is 2.39 bits per heavy atom. The lowest BCUT2D eigenvalue weighted by molar-refractivity contribution is -0.141. The number of primary amides is 1. The second-order valence-electron chi connectivity index (χ2n) is 4.15. The predicted octanol–water partition coefficient (Wildman–Crippen LogP) is 0.568. The molecule has 0 aromatic carbocycles. The Hall–Kier alpha value is -1.85. The quantitative estimate of drug-likeness (QED) is 0.551. The molecule has 0 radical (unpaired) electrons. The van der Waals surface area contributed by atoms with E-state index in [9.17, 15) is 14.4 Å². The zero-order valence-corrected chi connectivity index (χ0v) is 10.7. The standard InChI is InChI=1S/C12H20N2O4/c1-3-4-8(2)7-11(16)14-9(12(17)18)5-6-10(13)15/h7,9H,3-6H2,1-2H3,(H2,13,15)(H,14,16)(H,17,18)/t9-/m0/s1. The van der Waals surface area contributed by atoms with Crippen molar-refractivity contribution in [1.82, 2.24) is 5.32 Å². The molecule has 0 heterocycles. The number of nitrogens with two attached hydrogens (primary N) is 1. The van der Waals surface area contributed by atoms with Crippen molar-refractivity contribution in [2.75, 3.05) is 0 Å². The smallest absolute Gasteiger partial charge is 0.326 e. The minimum Gasteiger partial charge on any atom is -0.480 e. The van der Waals surface area contributed by atoms with Crippen molar-refractivity contribution in [2.45, 2.75) is 45.6 Å². The largest absolute Gasteiger partial charge is 0.480 e. The first-order chi connectivity index (χ1) is 8.36. The van der Waals surface area contributed by atoms with Crippen LogP contribution in [0.1, 0.15) is 39.5 Å². The van der Waals surface area contributed by atoms with E-state index in [4.69, 9.17) is 10.8 Å². The van der Waals surface area contributed by atoms with E-state index in [0.717, 1.165) is 18.4 Å². The van der Waals surface area contributed by atoms with Gasteiger partial charge in [-0.25, -0.2) is 4.79 Å². The van der Waals surface area contributed by atoms with Crippen molar-refractivity contribution >= 4 is 17.8 Å². The number of carbonyl (C=O) groups is 3. The first-order valence-electron chi connectivity index (χ1n) is 5.85. The Labute approximate surface area is 106 Å². The van der Waals surface area contributed by atoms with Crippen molar-refractivity contribution in [3.8, 4) is 0 Å². The zero-order valence-electron chi connectivity index (χ0n) is 10.7. The van der Waals surface area contributed by atoms with Crippen LogP contribution in [0.3, 0.4) is 0 Å². The minimum absolute atomic E-state index is 0.00290. The van der Waals surface area contributed by atoms with Crippen LogP contribution < -0.4 is 11.1 Å². The molecule has 2 amide bonds. The maximum atomic E-state index is 11.5. The fraction of sp³-hybridized carbons (Fsp3) is 0.583. The summed E-state index contributed by atoms with van der Waals surface area (Å²) in [6, 6.07) is -1.09. The fourth-order valence-electron chi connectivity index (χ4n) is 1.45. The Morgan fingerprint density at radius 1 is 1.33 bits per heavy atom. The zero-order chi connectivity index (χ0) is 14.1. The molecule has 0 aliphatic heterocycles. The van der Waals surface area contributed by atoms with Gasteiger partial charge in [0.1, 0.15) is 6.04 Å². The monoisotopic (exact) mass is 256 g/mol. The van der Waals surface area contributed by atoms with E-state index in [-0.39, 0.29) is 12.8 Å². The van der Waals surface area contributed by atoms with Crippen LogP contribution in [0.2, 0.25) is 0 Å². The van der Waals surface area contributed by atoms with Crippen LogP contribution in [0.4, 0.5) is 0 Å². The molecule has 0 aromatic rings. The molecule has 0 aliphatic carbocycles. The van der Waals surface area contributed by atoms with Gasteiger partial charge in [0.25, 0.3) is 0 Å². The Bertz CT molecular complexity index is 350. The van der Waals surface area contributed by atoms with Gasteiger partial charge in [0.15, 0.2) is 0 Å². The number of hydrogen-bond donors (Lipinski definition) is 3.